The molecule has 1 atom stereocenters. The van der Waals surface area contributed by atoms with Crippen LogP contribution in [0.2, 0.25) is 0 Å². The SMILES string of the molecule is Cc1ccc(S(=O)(=O)NC(=O)CN2C(=O)C(C)Oc3ccc(C(=O)O)cc32)cc1. The van der Waals surface area contributed by atoms with Crippen molar-refractivity contribution in [1.82, 2.24) is 4.72 Å². The topological polar surface area (TPSA) is 130 Å². The third-order valence-corrected chi connectivity index (χ3v) is 5.68. The van der Waals surface area contributed by atoms with Crippen LogP contribution in [0.15, 0.2) is 47.4 Å². The Labute approximate surface area is 167 Å². The molecule has 2 amide bonds. The van der Waals surface area contributed by atoms with Crippen molar-refractivity contribution in [2.75, 3.05) is 11.4 Å². The lowest BCUT2D eigenvalue weighted by molar-refractivity contribution is -0.127. The molecule has 2 aromatic carbocycles. The smallest absolute Gasteiger partial charge is 0.335 e. The van der Waals surface area contributed by atoms with Gasteiger partial charge in [-0.1, -0.05) is 17.7 Å². The second-order valence-corrected chi connectivity index (χ2v) is 8.20. The highest BCUT2D eigenvalue weighted by Gasteiger charge is 2.34. The summed E-state index contributed by atoms with van der Waals surface area (Å²) in [5.41, 5.74) is 0.831. The van der Waals surface area contributed by atoms with Crippen molar-refractivity contribution in [2.45, 2.75) is 24.8 Å². The molecular formula is C19H18N2O7S. The first-order valence-electron chi connectivity index (χ1n) is 8.56. The predicted molar refractivity (Wildman–Crippen MR) is 102 cm³/mol. The zero-order valence-corrected chi connectivity index (χ0v) is 16.4. The van der Waals surface area contributed by atoms with Crippen molar-refractivity contribution in [3.8, 4) is 5.75 Å². The number of sulfonamides is 1. The summed E-state index contributed by atoms with van der Waals surface area (Å²) in [6.07, 6.45) is -0.917. The van der Waals surface area contributed by atoms with Gasteiger partial charge in [0.2, 0.25) is 0 Å². The number of nitrogens with zero attached hydrogens (tertiary/aromatic N) is 1. The Hall–Kier alpha value is -3.40. The Morgan fingerprint density at radius 2 is 1.83 bits per heavy atom. The number of amides is 2. The van der Waals surface area contributed by atoms with Crippen molar-refractivity contribution >= 4 is 33.5 Å². The van der Waals surface area contributed by atoms with Crippen molar-refractivity contribution in [3.63, 3.8) is 0 Å². The molecule has 2 N–H and O–H groups in total. The molecule has 0 fully saturated rings. The third-order valence-electron chi connectivity index (χ3n) is 4.30. The second-order valence-electron chi connectivity index (χ2n) is 6.51. The Morgan fingerprint density at radius 3 is 2.45 bits per heavy atom. The number of anilines is 1. The van der Waals surface area contributed by atoms with Gasteiger partial charge in [0, 0.05) is 0 Å². The maximum absolute atomic E-state index is 12.5. The van der Waals surface area contributed by atoms with Gasteiger partial charge in [0.25, 0.3) is 21.8 Å². The Kier molecular flexibility index (Phi) is 5.29. The molecule has 1 aliphatic rings. The summed E-state index contributed by atoms with van der Waals surface area (Å²) in [5, 5.41) is 9.17. The first kappa shape index (κ1) is 20.3. The van der Waals surface area contributed by atoms with Crippen LogP contribution in [0.5, 0.6) is 5.75 Å². The zero-order chi connectivity index (χ0) is 21.3. The van der Waals surface area contributed by atoms with E-state index in [0.29, 0.717) is 0 Å². The van der Waals surface area contributed by atoms with Crippen LogP contribution in [0.4, 0.5) is 5.69 Å². The fraction of sp³-hybridized carbons (Fsp3) is 0.211. The van der Waals surface area contributed by atoms with Crippen LogP contribution in [0.25, 0.3) is 0 Å². The molecular weight excluding hydrogens is 400 g/mol. The highest BCUT2D eigenvalue weighted by molar-refractivity contribution is 7.90. The minimum atomic E-state index is -4.12. The van der Waals surface area contributed by atoms with Crippen molar-refractivity contribution < 1.29 is 32.6 Å². The van der Waals surface area contributed by atoms with E-state index < -0.39 is 40.5 Å². The number of aryl methyl sites for hydroxylation is 1. The summed E-state index contributed by atoms with van der Waals surface area (Å²) < 4.78 is 32.1. The number of nitrogens with one attached hydrogen (secondary N) is 1. The summed E-state index contributed by atoms with van der Waals surface area (Å²) in [5.74, 6) is -2.54. The number of hydrogen-bond donors (Lipinski definition) is 2. The van der Waals surface area contributed by atoms with Gasteiger partial charge in [-0.05, 0) is 44.2 Å². The highest BCUT2D eigenvalue weighted by atomic mass is 32.2. The quantitative estimate of drug-likeness (QED) is 0.749. The lowest BCUT2D eigenvalue weighted by Crippen LogP contribution is -2.49. The van der Waals surface area contributed by atoms with Crippen LogP contribution in [-0.4, -0.2) is 44.0 Å². The standard InChI is InChI=1S/C19H18N2O7S/c1-11-3-6-14(7-4-11)29(26,27)20-17(22)10-21-15-9-13(19(24)25)5-8-16(15)28-12(2)18(21)23/h3-9,12H,10H2,1-2H3,(H,20,22)(H,24,25). The van der Waals surface area contributed by atoms with Gasteiger partial charge in [0.15, 0.2) is 6.10 Å². The molecule has 152 valence electrons. The van der Waals surface area contributed by atoms with Gasteiger partial charge in [-0.15, -0.1) is 0 Å². The monoisotopic (exact) mass is 418 g/mol. The van der Waals surface area contributed by atoms with Gasteiger partial charge >= 0.3 is 5.97 Å². The zero-order valence-electron chi connectivity index (χ0n) is 15.6. The number of carbonyl (C=O) groups excluding carboxylic acids is 2. The van der Waals surface area contributed by atoms with Gasteiger partial charge in [-0.3, -0.25) is 14.5 Å². The minimum Gasteiger partial charge on any atom is -0.479 e. The number of ether oxygens (including phenoxy) is 1. The van der Waals surface area contributed by atoms with Gasteiger partial charge < -0.3 is 9.84 Å². The van der Waals surface area contributed by atoms with Crippen LogP contribution in [-0.2, 0) is 19.6 Å². The number of carboxylic acid groups (broad SMARTS) is 1. The lowest BCUT2D eigenvalue weighted by Gasteiger charge is -2.32. The molecule has 3 rings (SSSR count). The summed E-state index contributed by atoms with van der Waals surface area (Å²) in [6.45, 7) is 2.65. The molecule has 1 heterocycles. The molecule has 0 aliphatic carbocycles. The van der Waals surface area contributed by atoms with E-state index in [1.807, 2.05) is 4.72 Å². The molecule has 0 saturated heterocycles. The summed E-state index contributed by atoms with van der Waals surface area (Å²) in [6, 6.07) is 9.80. The molecule has 10 heteroatoms. The van der Waals surface area contributed by atoms with Crippen molar-refractivity contribution in [1.29, 1.82) is 0 Å². The van der Waals surface area contributed by atoms with E-state index in [4.69, 9.17) is 9.84 Å². The maximum Gasteiger partial charge on any atom is 0.335 e. The van der Waals surface area contributed by atoms with Crippen molar-refractivity contribution in [2.24, 2.45) is 0 Å². The molecule has 0 aromatic heterocycles. The maximum atomic E-state index is 12.5. The van der Waals surface area contributed by atoms with Gasteiger partial charge in [-0.2, -0.15) is 0 Å². The number of rotatable bonds is 5. The predicted octanol–water partition coefficient (Wildman–Crippen LogP) is 1.31. The first-order chi connectivity index (χ1) is 13.6. The molecule has 29 heavy (non-hydrogen) atoms. The Bertz CT molecular complexity index is 1090. The van der Waals surface area contributed by atoms with E-state index in [2.05, 4.69) is 0 Å². The average Bonchev–Trinajstić information content (AvgIpc) is 2.65. The normalized spacial score (nSPS) is 16.0. The summed E-state index contributed by atoms with van der Waals surface area (Å²) in [7, 11) is -4.12. The van der Waals surface area contributed by atoms with Crippen LogP contribution in [0.3, 0.4) is 0 Å². The molecule has 0 saturated carbocycles. The molecule has 1 unspecified atom stereocenters. The van der Waals surface area contributed by atoms with Gasteiger partial charge in [0.05, 0.1) is 16.1 Å². The Balaban J connectivity index is 1.86. The van der Waals surface area contributed by atoms with E-state index in [-0.39, 0.29) is 21.9 Å². The number of aromatic carboxylic acids is 1. The average molecular weight is 418 g/mol. The molecule has 0 radical (unpaired) electrons. The van der Waals surface area contributed by atoms with E-state index in [0.717, 1.165) is 10.5 Å². The van der Waals surface area contributed by atoms with Crippen LogP contribution in [0, 0.1) is 6.92 Å². The van der Waals surface area contributed by atoms with Gasteiger partial charge in [0.1, 0.15) is 12.3 Å². The van der Waals surface area contributed by atoms with Gasteiger partial charge in [-0.25, -0.2) is 17.9 Å². The number of fused-ring (bicyclic) bond motifs is 1. The second kappa shape index (κ2) is 7.55. The van der Waals surface area contributed by atoms with Crippen molar-refractivity contribution in [3.05, 3.63) is 53.6 Å². The largest absolute Gasteiger partial charge is 0.479 e. The van der Waals surface area contributed by atoms with Crippen LogP contribution >= 0.6 is 0 Å². The molecule has 1 aliphatic heterocycles. The summed E-state index contributed by atoms with van der Waals surface area (Å²) >= 11 is 0. The van der Waals surface area contributed by atoms with E-state index in [1.165, 1.54) is 37.3 Å². The lowest BCUT2D eigenvalue weighted by atomic mass is 10.1. The first-order valence-corrected chi connectivity index (χ1v) is 10.0. The highest BCUT2D eigenvalue weighted by Crippen LogP contribution is 2.34. The number of hydrogen-bond acceptors (Lipinski definition) is 6. The van der Waals surface area contributed by atoms with E-state index in [1.54, 1.807) is 19.1 Å². The fourth-order valence-corrected chi connectivity index (χ4v) is 3.78. The molecule has 0 bridgehead atoms. The molecule has 2 aromatic rings. The van der Waals surface area contributed by atoms with Crippen LogP contribution < -0.4 is 14.4 Å². The van der Waals surface area contributed by atoms with Crippen LogP contribution in [0.1, 0.15) is 22.8 Å². The molecule has 0 spiro atoms. The minimum absolute atomic E-state index is 0.0795. The molecule has 9 nitrogen and oxygen atoms in total. The number of benzene rings is 2. The Morgan fingerprint density at radius 1 is 1.17 bits per heavy atom. The third kappa shape index (κ3) is 4.21. The summed E-state index contributed by atoms with van der Waals surface area (Å²) in [4.78, 5) is 37.1. The number of carboxylic acids is 1. The fourth-order valence-electron chi connectivity index (χ4n) is 2.81. The van der Waals surface area contributed by atoms with E-state index in [9.17, 15) is 22.8 Å². The van der Waals surface area contributed by atoms with E-state index >= 15 is 0 Å². The number of carbonyl (C=O) groups is 3.